The predicted molar refractivity (Wildman–Crippen MR) is 82.1 cm³/mol. The van der Waals surface area contributed by atoms with Gasteiger partial charge in [-0.15, -0.1) is 0 Å². The molecule has 1 saturated carbocycles. The first kappa shape index (κ1) is 17.2. The normalized spacial score (nSPS) is 27.8. The summed E-state index contributed by atoms with van der Waals surface area (Å²) in [4.78, 5) is 23.8. The molecule has 1 saturated heterocycles. The minimum atomic E-state index is -3.12. The average molecular weight is 331 g/mol. The van der Waals surface area contributed by atoms with Crippen molar-refractivity contribution >= 4 is 21.7 Å². The molecule has 2 N–H and O–H groups in total. The van der Waals surface area contributed by atoms with E-state index < -0.39 is 21.3 Å². The Balaban J connectivity index is 2.15. The molecule has 126 valence electrons. The highest BCUT2D eigenvalue weighted by Gasteiger charge is 2.68. The molecule has 1 aliphatic carbocycles. The summed E-state index contributed by atoms with van der Waals surface area (Å²) in [6.07, 6.45) is 0.101. The van der Waals surface area contributed by atoms with Crippen molar-refractivity contribution in [2.24, 2.45) is 16.7 Å². The monoisotopic (exact) mass is 331 g/mol. The standard InChI is InChI=1S/C15H25NO5S/c1-13(2)11(14(13,3)4)12(19)16-15(9-10(17)18)5-7-22(20,21)8-6-15/h11H,5-9H2,1-4H3,(H,16,19)(H,17,18). The van der Waals surface area contributed by atoms with Gasteiger partial charge in [0.1, 0.15) is 9.84 Å². The van der Waals surface area contributed by atoms with Crippen LogP contribution in [0.5, 0.6) is 0 Å². The summed E-state index contributed by atoms with van der Waals surface area (Å²) < 4.78 is 23.2. The topological polar surface area (TPSA) is 101 Å². The summed E-state index contributed by atoms with van der Waals surface area (Å²) in [5, 5.41) is 12.0. The number of carbonyl (C=O) groups is 2. The van der Waals surface area contributed by atoms with Crippen molar-refractivity contribution in [3.63, 3.8) is 0 Å². The van der Waals surface area contributed by atoms with Gasteiger partial charge in [-0.05, 0) is 23.7 Å². The van der Waals surface area contributed by atoms with Crippen molar-refractivity contribution in [3.05, 3.63) is 0 Å². The van der Waals surface area contributed by atoms with Gasteiger partial charge in [0, 0.05) is 5.92 Å². The van der Waals surface area contributed by atoms with Crippen molar-refractivity contribution in [2.45, 2.75) is 52.5 Å². The molecule has 1 amide bonds. The SMILES string of the molecule is CC1(C)C(C(=O)NC2(CC(=O)O)CCS(=O)(=O)CC2)C1(C)C. The predicted octanol–water partition coefficient (Wildman–Crippen LogP) is 1.21. The number of hydrogen-bond acceptors (Lipinski definition) is 4. The molecular weight excluding hydrogens is 306 g/mol. The Kier molecular flexibility index (Phi) is 3.88. The van der Waals surface area contributed by atoms with Gasteiger partial charge in [-0.3, -0.25) is 9.59 Å². The number of carboxylic acid groups (broad SMARTS) is 1. The fourth-order valence-electron chi connectivity index (χ4n) is 3.75. The fourth-order valence-corrected chi connectivity index (χ4v) is 5.36. The second kappa shape index (κ2) is 4.94. The maximum absolute atomic E-state index is 12.6. The molecule has 0 radical (unpaired) electrons. The second-order valence-electron chi connectivity index (χ2n) is 7.87. The number of rotatable bonds is 4. The molecule has 0 aromatic heterocycles. The minimum Gasteiger partial charge on any atom is -0.481 e. The van der Waals surface area contributed by atoms with Crippen LogP contribution in [0.25, 0.3) is 0 Å². The lowest BCUT2D eigenvalue weighted by molar-refractivity contribution is -0.139. The molecule has 22 heavy (non-hydrogen) atoms. The van der Waals surface area contributed by atoms with Crippen LogP contribution in [0.3, 0.4) is 0 Å². The highest BCUT2D eigenvalue weighted by Crippen LogP contribution is 2.68. The second-order valence-corrected chi connectivity index (χ2v) is 10.2. The Morgan fingerprint density at radius 2 is 1.55 bits per heavy atom. The molecule has 1 aliphatic heterocycles. The van der Waals surface area contributed by atoms with E-state index in [-0.39, 0.29) is 53.4 Å². The number of nitrogens with one attached hydrogen (secondary N) is 1. The Morgan fingerprint density at radius 3 is 1.91 bits per heavy atom. The third kappa shape index (κ3) is 2.87. The Labute approximate surface area is 131 Å². The Hall–Kier alpha value is -1.11. The number of hydrogen-bond donors (Lipinski definition) is 2. The van der Waals surface area contributed by atoms with Crippen LogP contribution in [0, 0.1) is 16.7 Å². The number of amides is 1. The van der Waals surface area contributed by atoms with Crippen LogP contribution in [-0.4, -0.2) is 42.4 Å². The molecule has 2 rings (SSSR count). The van der Waals surface area contributed by atoms with E-state index in [1.807, 2.05) is 27.7 Å². The van der Waals surface area contributed by atoms with Gasteiger partial charge in [0.25, 0.3) is 0 Å². The molecule has 0 atom stereocenters. The van der Waals surface area contributed by atoms with E-state index in [0.717, 1.165) is 0 Å². The number of carboxylic acids is 1. The lowest BCUT2D eigenvalue weighted by Gasteiger charge is -2.37. The number of carbonyl (C=O) groups excluding carboxylic acids is 1. The molecule has 1 heterocycles. The third-order valence-corrected chi connectivity index (χ3v) is 7.60. The van der Waals surface area contributed by atoms with E-state index in [4.69, 9.17) is 5.11 Å². The van der Waals surface area contributed by atoms with Crippen LogP contribution >= 0.6 is 0 Å². The van der Waals surface area contributed by atoms with Crippen molar-refractivity contribution < 1.29 is 23.1 Å². The Bertz CT molecular complexity index is 577. The van der Waals surface area contributed by atoms with Crippen LogP contribution in [0.4, 0.5) is 0 Å². The maximum atomic E-state index is 12.6. The van der Waals surface area contributed by atoms with Crippen LogP contribution in [0.15, 0.2) is 0 Å². The van der Waals surface area contributed by atoms with E-state index in [9.17, 15) is 18.0 Å². The van der Waals surface area contributed by atoms with Gasteiger partial charge >= 0.3 is 5.97 Å². The van der Waals surface area contributed by atoms with Crippen LogP contribution in [0.1, 0.15) is 47.0 Å². The highest BCUT2D eigenvalue weighted by molar-refractivity contribution is 7.91. The molecule has 0 aromatic carbocycles. The van der Waals surface area contributed by atoms with Gasteiger partial charge in [-0.25, -0.2) is 8.42 Å². The summed E-state index contributed by atoms with van der Waals surface area (Å²) in [5.74, 6) is -1.50. The van der Waals surface area contributed by atoms with Crippen LogP contribution in [0.2, 0.25) is 0 Å². The summed E-state index contributed by atoms with van der Waals surface area (Å²) >= 11 is 0. The molecule has 7 heteroatoms. The lowest BCUT2D eigenvalue weighted by atomic mass is 9.88. The van der Waals surface area contributed by atoms with Crippen molar-refractivity contribution in [3.8, 4) is 0 Å². The van der Waals surface area contributed by atoms with E-state index in [1.165, 1.54) is 0 Å². The zero-order chi connectivity index (χ0) is 17.0. The van der Waals surface area contributed by atoms with E-state index in [1.54, 1.807) is 0 Å². The minimum absolute atomic E-state index is 0.0714. The first-order valence-electron chi connectivity index (χ1n) is 7.57. The van der Waals surface area contributed by atoms with Gasteiger partial charge in [0.2, 0.25) is 5.91 Å². The van der Waals surface area contributed by atoms with E-state index >= 15 is 0 Å². The smallest absolute Gasteiger partial charge is 0.305 e. The largest absolute Gasteiger partial charge is 0.481 e. The lowest BCUT2D eigenvalue weighted by Crippen LogP contribution is -2.55. The molecule has 2 fully saturated rings. The van der Waals surface area contributed by atoms with Crippen molar-refractivity contribution in [1.82, 2.24) is 5.32 Å². The molecule has 0 bridgehead atoms. The summed E-state index contributed by atoms with van der Waals surface area (Å²) in [6.45, 7) is 8.08. The van der Waals surface area contributed by atoms with Gasteiger partial charge in [-0.1, -0.05) is 27.7 Å². The van der Waals surface area contributed by atoms with Gasteiger partial charge < -0.3 is 10.4 Å². The molecule has 0 spiro atoms. The quantitative estimate of drug-likeness (QED) is 0.806. The van der Waals surface area contributed by atoms with Crippen molar-refractivity contribution in [1.29, 1.82) is 0 Å². The zero-order valence-corrected chi connectivity index (χ0v) is 14.4. The molecule has 0 unspecified atom stereocenters. The number of sulfone groups is 1. The first-order valence-corrected chi connectivity index (χ1v) is 9.39. The first-order chi connectivity index (χ1) is 9.83. The molecule has 0 aromatic rings. The summed E-state index contributed by atoms with van der Waals surface area (Å²) in [6, 6.07) is 0. The van der Waals surface area contributed by atoms with Gasteiger partial charge in [0.05, 0.1) is 23.5 Å². The molecular formula is C15H25NO5S. The summed E-state index contributed by atoms with van der Waals surface area (Å²) in [7, 11) is -3.12. The van der Waals surface area contributed by atoms with Crippen LogP contribution in [-0.2, 0) is 19.4 Å². The van der Waals surface area contributed by atoms with E-state index in [0.29, 0.717) is 0 Å². The van der Waals surface area contributed by atoms with Crippen LogP contribution < -0.4 is 5.32 Å². The maximum Gasteiger partial charge on any atom is 0.305 e. The fraction of sp³-hybridized carbons (Fsp3) is 0.867. The number of aliphatic carboxylic acids is 1. The van der Waals surface area contributed by atoms with Gasteiger partial charge in [0.15, 0.2) is 0 Å². The van der Waals surface area contributed by atoms with Crippen molar-refractivity contribution in [2.75, 3.05) is 11.5 Å². The highest BCUT2D eigenvalue weighted by atomic mass is 32.2. The Morgan fingerprint density at radius 1 is 1.09 bits per heavy atom. The summed E-state index contributed by atoms with van der Waals surface area (Å²) in [5.41, 5.74) is -1.21. The van der Waals surface area contributed by atoms with E-state index in [2.05, 4.69) is 5.32 Å². The molecule has 6 nitrogen and oxygen atoms in total. The zero-order valence-electron chi connectivity index (χ0n) is 13.6. The van der Waals surface area contributed by atoms with Gasteiger partial charge in [-0.2, -0.15) is 0 Å². The third-order valence-electron chi connectivity index (χ3n) is 5.94. The molecule has 2 aliphatic rings. The average Bonchev–Trinajstić information content (AvgIpc) is 2.73.